The van der Waals surface area contributed by atoms with E-state index in [1.165, 1.54) is 7.05 Å². The number of nitrogens with zero attached hydrogens (tertiary/aromatic N) is 1. The average molecular weight is 301 g/mol. The first kappa shape index (κ1) is 16.6. The van der Waals surface area contributed by atoms with Gasteiger partial charge in [0, 0.05) is 12.1 Å². The smallest absolute Gasteiger partial charge is 0.373 e. The van der Waals surface area contributed by atoms with Crippen molar-refractivity contribution in [3.63, 3.8) is 0 Å². The van der Waals surface area contributed by atoms with E-state index in [1.807, 2.05) is 0 Å². The fourth-order valence-corrected chi connectivity index (χ4v) is 2.28. The van der Waals surface area contributed by atoms with Gasteiger partial charge in [-0.15, -0.1) is 0 Å². The SMILES string of the molecule is CNS(=O)(=O)Cc1cc[n+](CC(=O)OC(C)(C)C)cc1. The molecular formula is C13H21N2O4S+. The molecule has 0 unspecified atom stereocenters. The summed E-state index contributed by atoms with van der Waals surface area (Å²) >= 11 is 0. The second-order valence-corrected chi connectivity index (χ2v) is 7.35. The fraction of sp³-hybridized carbons (Fsp3) is 0.538. The van der Waals surface area contributed by atoms with Crippen molar-refractivity contribution in [2.75, 3.05) is 7.05 Å². The second-order valence-electron chi connectivity index (χ2n) is 5.43. The van der Waals surface area contributed by atoms with E-state index in [-0.39, 0.29) is 18.3 Å². The third kappa shape index (κ3) is 6.12. The molecule has 112 valence electrons. The Morgan fingerprint density at radius 3 is 2.30 bits per heavy atom. The Labute approximate surface area is 119 Å². The van der Waals surface area contributed by atoms with E-state index in [0.717, 1.165) is 0 Å². The van der Waals surface area contributed by atoms with E-state index in [4.69, 9.17) is 4.74 Å². The molecule has 1 heterocycles. The van der Waals surface area contributed by atoms with E-state index >= 15 is 0 Å². The lowest BCUT2D eigenvalue weighted by Crippen LogP contribution is -2.40. The van der Waals surface area contributed by atoms with Gasteiger partial charge in [-0.2, -0.15) is 4.57 Å². The number of carbonyl (C=O) groups is 1. The molecule has 0 aliphatic rings. The van der Waals surface area contributed by atoms with Crippen LogP contribution in [0.2, 0.25) is 0 Å². The summed E-state index contributed by atoms with van der Waals surface area (Å²) in [6.07, 6.45) is 3.31. The quantitative estimate of drug-likeness (QED) is 0.629. The summed E-state index contributed by atoms with van der Waals surface area (Å²) < 4.78 is 31.9. The lowest BCUT2D eigenvalue weighted by Gasteiger charge is -2.18. The predicted octanol–water partition coefficient (Wildman–Crippen LogP) is 0.365. The molecule has 0 aromatic carbocycles. The Morgan fingerprint density at radius 1 is 1.30 bits per heavy atom. The minimum atomic E-state index is -3.28. The second kappa shape index (κ2) is 6.32. The summed E-state index contributed by atoms with van der Waals surface area (Å²) in [6.45, 7) is 5.51. The van der Waals surface area contributed by atoms with Crippen molar-refractivity contribution in [1.29, 1.82) is 0 Å². The first-order valence-electron chi connectivity index (χ1n) is 6.22. The maximum atomic E-state index is 11.6. The van der Waals surface area contributed by atoms with Crippen LogP contribution in [0.15, 0.2) is 24.5 Å². The third-order valence-electron chi connectivity index (χ3n) is 2.36. The average Bonchev–Trinajstić information content (AvgIpc) is 2.29. The highest BCUT2D eigenvalue weighted by atomic mass is 32.2. The number of hydrogen-bond acceptors (Lipinski definition) is 4. The van der Waals surface area contributed by atoms with E-state index in [9.17, 15) is 13.2 Å². The van der Waals surface area contributed by atoms with Crippen LogP contribution in [0.1, 0.15) is 26.3 Å². The number of ether oxygens (including phenoxy) is 1. The molecule has 0 fully saturated rings. The van der Waals surface area contributed by atoms with Crippen LogP contribution in [0.25, 0.3) is 0 Å². The van der Waals surface area contributed by atoms with Crippen molar-refractivity contribution in [3.05, 3.63) is 30.1 Å². The van der Waals surface area contributed by atoms with Gasteiger partial charge in [-0.1, -0.05) is 0 Å². The standard InChI is InChI=1S/C13H21N2O4S/c1-13(2,3)19-12(16)9-15-7-5-11(6-8-15)10-20(17,18)14-4/h5-8,14H,9-10H2,1-4H3/q+1. The van der Waals surface area contributed by atoms with Crippen LogP contribution < -0.4 is 9.29 Å². The third-order valence-corrected chi connectivity index (χ3v) is 3.69. The van der Waals surface area contributed by atoms with E-state index < -0.39 is 15.6 Å². The Hall–Kier alpha value is -1.47. The monoisotopic (exact) mass is 301 g/mol. The number of aromatic nitrogens is 1. The molecule has 0 aliphatic heterocycles. The first-order valence-corrected chi connectivity index (χ1v) is 7.87. The summed E-state index contributed by atoms with van der Waals surface area (Å²) in [6, 6.07) is 3.33. The zero-order chi connectivity index (χ0) is 15.4. The summed E-state index contributed by atoms with van der Waals surface area (Å²) in [4.78, 5) is 11.6. The highest BCUT2D eigenvalue weighted by molar-refractivity contribution is 7.88. The van der Waals surface area contributed by atoms with Crippen molar-refractivity contribution >= 4 is 16.0 Å². The van der Waals surface area contributed by atoms with Crippen LogP contribution in [0, 0.1) is 0 Å². The maximum Gasteiger partial charge on any atom is 0.373 e. The van der Waals surface area contributed by atoms with Crippen LogP contribution in [0.3, 0.4) is 0 Å². The highest BCUT2D eigenvalue weighted by Crippen LogP contribution is 2.07. The van der Waals surface area contributed by atoms with Gasteiger partial charge in [0.2, 0.25) is 16.6 Å². The number of esters is 1. The fourth-order valence-electron chi connectivity index (χ4n) is 1.50. The highest BCUT2D eigenvalue weighted by Gasteiger charge is 2.19. The minimum absolute atomic E-state index is 0.0865. The molecule has 1 rings (SSSR count). The van der Waals surface area contributed by atoms with Crippen LogP contribution in [-0.2, 0) is 31.9 Å². The molecule has 0 amide bonds. The Balaban J connectivity index is 2.66. The lowest BCUT2D eigenvalue weighted by atomic mass is 10.2. The van der Waals surface area contributed by atoms with Gasteiger partial charge in [-0.05, 0) is 33.4 Å². The van der Waals surface area contributed by atoms with Crippen molar-refractivity contribution in [2.45, 2.75) is 38.7 Å². The lowest BCUT2D eigenvalue weighted by molar-refractivity contribution is -0.686. The van der Waals surface area contributed by atoms with Crippen LogP contribution in [0.4, 0.5) is 0 Å². The number of pyridine rings is 1. The topological polar surface area (TPSA) is 76.4 Å². The molecule has 0 aliphatic carbocycles. The number of carbonyl (C=O) groups excluding carboxylic acids is 1. The van der Waals surface area contributed by atoms with Crippen LogP contribution in [0.5, 0.6) is 0 Å². The number of nitrogens with one attached hydrogen (secondary N) is 1. The molecule has 7 heteroatoms. The molecule has 1 aromatic rings. The van der Waals surface area contributed by atoms with Gasteiger partial charge < -0.3 is 4.74 Å². The van der Waals surface area contributed by atoms with Crippen molar-refractivity contribution < 1.29 is 22.5 Å². The van der Waals surface area contributed by atoms with Gasteiger partial charge in [-0.25, -0.2) is 17.9 Å². The first-order chi connectivity index (χ1) is 9.11. The molecule has 0 radical (unpaired) electrons. The Bertz CT molecular complexity index is 559. The van der Waals surface area contributed by atoms with E-state index in [2.05, 4.69) is 4.72 Å². The Kier molecular flexibility index (Phi) is 5.24. The van der Waals surface area contributed by atoms with Crippen LogP contribution >= 0.6 is 0 Å². The van der Waals surface area contributed by atoms with Crippen molar-refractivity contribution in [3.8, 4) is 0 Å². The number of hydrogen-bond donors (Lipinski definition) is 1. The number of sulfonamides is 1. The van der Waals surface area contributed by atoms with Crippen LogP contribution in [-0.4, -0.2) is 27.0 Å². The summed E-state index contributed by atoms with van der Waals surface area (Å²) in [5, 5.41) is 0. The van der Waals surface area contributed by atoms with Gasteiger partial charge in [-0.3, -0.25) is 0 Å². The summed E-state index contributed by atoms with van der Waals surface area (Å²) in [5.74, 6) is -0.422. The van der Waals surface area contributed by atoms with Gasteiger partial charge in [0.25, 0.3) is 0 Å². The molecule has 1 aromatic heterocycles. The van der Waals surface area contributed by atoms with Crippen molar-refractivity contribution in [2.24, 2.45) is 0 Å². The maximum absolute atomic E-state index is 11.6. The normalized spacial score (nSPS) is 12.2. The number of rotatable bonds is 5. The van der Waals surface area contributed by atoms with E-state index in [1.54, 1.807) is 49.9 Å². The predicted molar refractivity (Wildman–Crippen MR) is 74.2 cm³/mol. The zero-order valence-electron chi connectivity index (χ0n) is 12.2. The van der Waals surface area contributed by atoms with Gasteiger partial charge in [0.05, 0.1) is 5.75 Å². The van der Waals surface area contributed by atoms with Gasteiger partial charge in [0.1, 0.15) is 5.60 Å². The molecule has 0 atom stereocenters. The molecule has 0 spiro atoms. The molecule has 1 N–H and O–H groups in total. The molecule has 0 bridgehead atoms. The van der Waals surface area contributed by atoms with Gasteiger partial charge >= 0.3 is 5.97 Å². The summed E-state index contributed by atoms with van der Waals surface area (Å²) in [5.41, 5.74) is 0.137. The molecule has 0 saturated carbocycles. The molecule has 20 heavy (non-hydrogen) atoms. The van der Waals surface area contributed by atoms with E-state index in [0.29, 0.717) is 5.56 Å². The largest absolute Gasteiger partial charge is 0.455 e. The molecule has 6 nitrogen and oxygen atoms in total. The molecular weight excluding hydrogens is 280 g/mol. The molecule has 0 saturated heterocycles. The minimum Gasteiger partial charge on any atom is -0.455 e. The van der Waals surface area contributed by atoms with Crippen molar-refractivity contribution in [1.82, 2.24) is 4.72 Å². The summed E-state index contributed by atoms with van der Waals surface area (Å²) in [7, 11) is -1.91. The Morgan fingerprint density at radius 2 is 1.85 bits per heavy atom. The van der Waals surface area contributed by atoms with Gasteiger partial charge in [0.15, 0.2) is 12.4 Å². The zero-order valence-corrected chi connectivity index (χ0v) is 13.0.